The van der Waals surface area contributed by atoms with Crippen molar-refractivity contribution in [2.75, 3.05) is 25.0 Å². The molecule has 1 rings (SSSR count). The summed E-state index contributed by atoms with van der Waals surface area (Å²) in [6, 6.07) is 1.59. The summed E-state index contributed by atoms with van der Waals surface area (Å²) in [5.74, 6) is -0.151. The van der Waals surface area contributed by atoms with Crippen LogP contribution in [0.15, 0.2) is 10.6 Å². The third-order valence-corrected chi connectivity index (χ3v) is 2.92. The molecule has 1 aromatic heterocycles. The fourth-order valence-corrected chi connectivity index (χ4v) is 1.94. The Balaban J connectivity index is 2.50. The fraction of sp³-hybridized carbons (Fsp3) is 0.600. The molecule has 0 bridgehead atoms. The summed E-state index contributed by atoms with van der Waals surface area (Å²) in [5.41, 5.74) is 0. The van der Waals surface area contributed by atoms with E-state index >= 15 is 0 Å². The Bertz CT molecular complexity index is 541. The Morgan fingerprint density at radius 2 is 2.04 bits per heavy atom. The molecule has 0 aliphatic rings. The number of nitrogens with zero attached hydrogens (tertiary/aromatic N) is 2. The second-order valence-corrected chi connectivity index (χ2v) is 4.99. The Morgan fingerprint density at radius 1 is 1.30 bits per heavy atom. The largest absolute Gasteiger partial charge is 0.466 e. The van der Waals surface area contributed by atoms with Crippen LogP contribution in [0.2, 0.25) is 0 Å². The van der Waals surface area contributed by atoms with Crippen molar-refractivity contribution in [3.63, 3.8) is 0 Å². The van der Waals surface area contributed by atoms with Gasteiger partial charge in [0.1, 0.15) is 5.76 Å². The minimum atomic E-state index is -0.417. The molecular formula is C15H23N3O5. The molecule has 8 heteroatoms. The number of rotatable bonds is 9. The van der Waals surface area contributed by atoms with Crippen molar-refractivity contribution in [1.82, 2.24) is 10.1 Å². The molecule has 0 atom stereocenters. The lowest BCUT2D eigenvalue weighted by Gasteiger charge is -2.21. The third kappa shape index (κ3) is 6.94. The molecule has 128 valence electrons. The van der Waals surface area contributed by atoms with Crippen molar-refractivity contribution in [3.8, 4) is 0 Å². The van der Waals surface area contributed by atoms with Crippen LogP contribution in [-0.4, -0.2) is 47.5 Å². The second-order valence-electron chi connectivity index (χ2n) is 4.99. The van der Waals surface area contributed by atoms with Gasteiger partial charge in [0, 0.05) is 19.0 Å². The lowest BCUT2D eigenvalue weighted by Crippen LogP contribution is -2.38. The highest BCUT2D eigenvalue weighted by Gasteiger charge is 2.18. The van der Waals surface area contributed by atoms with Crippen LogP contribution in [0.4, 0.5) is 5.82 Å². The van der Waals surface area contributed by atoms with Gasteiger partial charge in [0.05, 0.1) is 19.6 Å². The smallest absolute Gasteiger partial charge is 0.306 e. The normalized spacial score (nSPS) is 10.2. The van der Waals surface area contributed by atoms with Crippen molar-refractivity contribution < 1.29 is 23.6 Å². The first-order valence-corrected chi connectivity index (χ1v) is 7.62. The van der Waals surface area contributed by atoms with E-state index < -0.39 is 5.97 Å². The first kappa shape index (κ1) is 18.7. The van der Waals surface area contributed by atoms with E-state index in [-0.39, 0.29) is 37.8 Å². The summed E-state index contributed by atoms with van der Waals surface area (Å²) in [6.07, 6.45) is 0.744. The summed E-state index contributed by atoms with van der Waals surface area (Å²) < 4.78 is 9.64. The number of carbonyl (C=O) groups excluding carboxylic acids is 3. The molecule has 8 nitrogen and oxygen atoms in total. The Hall–Kier alpha value is -2.38. The first-order valence-electron chi connectivity index (χ1n) is 7.62. The van der Waals surface area contributed by atoms with Crippen LogP contribution in [0, 0.1) is 6.92 Å². The second kappa shape index (κ2) is 9.60. The van der Waals surface area contributed by atoms with Crippen LogP contribution in [-0.2, 0) is 19.1 Å². The average Bonchev–Trinajstić information content (AvgIpc) is 2.89. The van der Waals surface area contributed by atoms with Crippen LogP contribution in [0.1, 0.15) is 38.9 Å². The molecule has 1 aromatic rings. The minimum absolute atomic E-state index is 0.0109. The summed E-state index contributed by atoms with van der Waals surface area (Å²) in [7, 11) is 0. The quantitative estimate of drug-likeness (QED) is 0.690. The molecule has 1 N–H and O–H groups in total. The van der Waals surface area contributed by atoms with E-state index in [0.29, 0.717) is 24.5 Å². The first-order chi connectivity index (χ1) is 11.0. The molecule has 23 heavy (non-hydrogen) atoms. The van der Waals surface area contributed by atoms with Gasteiger partial charge >= 0.3 is 5.97 Å². The van der Waals surface area contributed by atoms with E-state index in [2.05, 4.69) is 10.5 Å². The van der Waals surface area contributed by atoms with Crippen molar-refractivity contribution >= 4 is 23.6 Å². The van der Waals surface area contributed by atoms with Gasteiger partial charge in [0.25, 0.3) is 0 Å². The highest BCUT2D eigenvalue weighted by molar-refractivity contribution is 5.94. The number of carbonyl (C=O) groups is 3. The Morgan fingerprint density at radius 3 is 2.61 bits per heavy atom. The van der Waals surface area contributed by atoms with E-state index in [1.54, 1.807) is 19.9 Å². The van der Waals surface area contributed by atoms with Crippen LogP contribution in [0.5, 0.6) is 0 Å². The summed E-state index contributed by atoms with van der Waals surface area (Å²) in [5, 5.41) is 6.22. The zero-order chi connectivity index (χ0) is 17.2. The Kier molecular flexibility index (Phi) is 7.79. The van der Waals surface area contributed by atoms with Gasteiger partial charge in [-0.25, -0.2) is 0 Å². The number of hydrogen-bond donors (Lipinski definition) is 1. The molecule has 0 saturated heterocycles. The maximum Gasteiger partial charge on any atom is 0.306 e. The average molecular weight is 325 g/mol. The minimum Gasteiger partial charge on any atom is -0.466 e. The molecule has 0 unspecified atom stereocenters. The number of aromatic nitrogens is 1. The maximum absolute atomic E-state index is 12.1. The molecule has 0 saturated carbocycles. The van der Waals surface area contributed by atoms with Gasteiger partial charge < -0.3 is 19.5 Å². The number of ether oxygens (including phenoxy) is 1. The van der Waals surface area contributed by atoms with Gasteiger partial charge in [0.15, 0.2) is 5.82 Å². The highest BCUT2D eigenvalue weighted by Crippen LogP contribution is 2.07. The Labute approximate surface area is 135 Å². The van der Waals surface area contributed by atoms with Crippen LogP contribution in [0.3, 0.4) is 0 Å². The topological polar surface area (TPSA) is 102 Å². The van der Waals surface area contributed by atoms with E-state index in [1.165, 1.54) is 4.90 Å². The van der Waals surface area contributed by atoms with E-state index in [4.69, 9.17) is 9.26 Å². The number of esters is 1. The number of anilines is 1. The van der Waals surface area contributed by atoms with Crippen LogP contribution in [0.25, 0.3) is 0 Å². The molecule has 0 aliphatic heterocycles. The summed E-state index contributed by atoms with van der Waals surface area (Å²) >= 11 is 0. The monoisotopic (exact) mass is 325 g/mol. The molecule has 0 radical (unpaired) electrons. The molecule has 0 fully saturated rings. The van der Waals surface area contributed by atoms with E-state index in [1.807, 2.05) is 6.92 Å². The molecule has 0 aliphatic carbocycles. The van der Waals surface area contributed by atoms with Crippen molar-refractivity contribution in [3.05, 3.63) is 11.8 Å². The number of amides is 2. The highest BCUT2D eigenvalue weighted by atomic mass is 16.5. The fourth-order valence-electron chi connectivity index (χ4n) is 1.94. The lowest BCUT2D eigenvalue weighted by atomic mass is 10.2. The number of aryl methyl sites for hydroxylation is 1. The van der Waals surface area contributed by atoms with E-state index in [0.717, 1.165) is 0 Å². The number of nitrogens with one attached hydrogen (secondary N) is 1. The standard InChI is InChI=1S/C15H23N3O5/c1-4-8-18(14(20)6-7-15(21)22-5-2)10-13(19)16-12-9-11(3)23-17-12/h9H,4-8,10H2,1-3H3,(H,16,17,19). The van der Waals surface area contributed by atoms with Crippen molar-refractivity contribution in [1.29, 1.82) is 0 Å². The van der Waals surface area contributed by atoms with Gasteiger partial charge in [-0.3, -0.25) is 14.4 Å². The molecule has 0 spiro atoms. The molecule has 0 aromatic carbocycles. The third-order valence-electron chi connectivity index (χ3n) is 2.92. The lowest BCUT2D eigenvalue weighted by molar-refractivity contribution is -0.145. The molecule has 2 amide bonds. The predicted molar refractivity (Wildman–Crippen MR) is 82.6 cm³/mol. The van der Waals surface area contributed by atoms with Crippen molar-refractivity contribution in [2.24, 2.45) is 0 Å². The van der Waals surface area contributed by atoms with Gasteiger partial charge in [-0.05, 0) is 20.3 Å². The predicted octanol–water partition coefficient (Wildman–Crippen LogP) is 1.50. The molecule has 1 heterocycles. The van der Waals surface area contributed by atoms with Gasteiger partial charge in [-0.2, -0.15) is 0 Å². The van der Waals surface area contributed by atoms with Crippen LogP contribution >= 0.6 is 0 Å². The zero-order valence-electron chi connectivity index (χ0n) is 13.8. The van der Waals surface area contributed by atoms with Crippen LogP contribution < -0.4 is 5.32 Å². The van der Waals surface area contributed by atoms with E-state index in [9.17, 15) is 14.4 Å². The number of hydrogen-bond acceptors (Lipinski definition) is 6. The SMILES string of the molecule is CCCN(CC(=O)Nc1cc(C)on1)C(=O)CCC(=O)OCC. The van der Waals surface area contributed by atoms with Gasteiger partial charge in [-0.15, -0.1) is 0 Å². The summed E-state index contributed by atoms with van der Waals surface area (Å²) in [6.45, 7) is 5.95. The zero-order valence-corrected chi connectivity index (χ0v) is 13.8. The molecular weight excluding hydrogens is 302 g/mol. The van der Waals surface area contributed by atoms with Gasteiger partial charge in [-0.1, -0.05) is 12.1 Å². The van der Waals surface area contributed by atoms with Gasteiger partial charge in [0.2, 0.25) is 11.8 Å². The van der Waals surface area contributed by atoms with Crippen molar-refractivity contribution in [2.45, 2.75) is 40.0 Å². The maximum atomic E-state index is 12.1. The summed E-state index contributed by atoms with van der Waals surface area (Å²) in [4.78, 5) is 36.8.